The largest absolute Gasteiger partial charge is 0.353 e. The molecule has 2 atom stereocenters. The number of aryl methyl sites for hydroxylation is 1. The van der Waals surface area contributed by atoms with Crippen molar-refractivity contribution >= 4 is 27.4 Å². The van der Waals surface area contributed by atoms with Gasteiger partial charge in [0.25, 0.3) is 0 Å². The Kier molecular flexibility index (Phi) is 2.98. The normalized spacial score (nSPS) is 24.1. The van der Waals surface area contributed by atoms with Crippen molar-refractivity contribution in [2.45, 2.75) is 39.7 Å². The van der Waals surface area contributed by atoms with Gasteiger partial charge in [0, 0.05) is 17.5 Å². The van der Waals surface area contributed by atoms with E-state index in [4.69, 9.17) is 0 Å². The Morgan fingerprint density at radius 1 is 1.39 bits per heavy atom. The minimum atomic E-state index is 0.577. The average Bonchev–Trinajstić information content (AvgIpc) is 2.94. The predicted octanol–water partition coefficient (Wildman–Crippen LogP) is 3.49. The number of thiophene rings is 1. The van der Waals surface area contributed by atoms with Crippen LogP contribution in [0.15, 0.2) is 12.4 Å². The molecule has 2 aromatic heterocycles. The number of hydrogen-bond acceptors (Lipinski definition) is 4. The first-order valence-electron chi connectivity index (χ1n) is 6.70. The Labute approximate surface area is 112 Å². The molecule has 0 aliphatic carbocycles. The molecule has 0 spiro atoms. The first-order chi connectivity index (χ1) is 8.70. The zero-order chi connectivity index (χ0) is 12.7. The van der Waals surface area contributed by atoms with Crippen molar-refractivity contribution in [2.24, 2.45) is 5.92 Å². The summed E-state index contributed by atoms with van der Waals surface area (Å²) in [5, 5.41) is 1.24. The summed E-state index contributed by atoms with van der Waals surface area (Å²) in [6.45, 7) is 7.94. The summed E-state index contributed by atoms with van der Waals surface area (Å²) in [5.74, 6) is 1.88. The van der Waals surface area contributed by atoms with Crippen molar-refractivity contribution < 1.29 is 0 Å². The molecule has 1 saturated heterocycles. The van der Waals surface area contributed by atoms with Crippen molar-refractivity contribution in [3.05, 3.63) is 17.3 Å². The maximum Gasteiger partial charge on any atom is 0.141 e. The second kappa shape index (κ2) is 4.50. The molecule has 2 unspecified atom stereocenters. The highest BCUT2D eigenvalue weighted by Gasteiger charge is 2.29. The third kappa shape index (κ3) is 1.79. The Morgan fingerprint density at radius 2 is 2.22 bits per heavy atom. The second-order valence-corrected chi connectivity index (χ2v) is 6.30. The zero-order valence-corrected chi connectivity index (χ0v) is 12.0. The van der Waals surface area contributed by atoms with E-state index < -0.39 is 0 Å². The summed E-state index contributed by atoms with van der Waals surface area (Å²) in [4.78, 5) is 13.9. The molecule has 0 radical (unpaired) electrons. The van der Waals surface area contributed by atoms with Gasteiger partial charge in [-0.15, -0.1) is 11.3 Å². The van der Waals surface area contributed by atoms with Gasteiger partial charge in [-0.05, 0) is 31.7 Å². The van der Waals surface area contributed by atoms with E-state index in [2.05, 4.69) is 41.7 Å². The van der Waals surface area contributed by atoms with Crippen LogP contribution in [0.25, 0.3) is 10.2 Å². The van der Waals surface area contributed by atoms with Crippen LogP contribution in [0, 0.1) is 5.92 Å². The van der Waals surface area contributed by atoms with Crippen molar-refractivity contribution in [2.75, 3.05) is 11.4 Å². The van der Waals surface area contributed by atoms with Gasteiger partial charge in [-0.25, -0.2) is 9.97 Å². The molecule has 4 heteroatoms. The Hall–Kier alpha value is -1.16. The van der Waals surface area contributed by atoms with Crippen LogP contribution >= 0.6 is 11.3 Å². The minimum absolute atomic E-state index is 0.577. The molecule has 0 amide bonds. The van der Waals surface area contributed by atoms with Crippen LogP contribution < -0.4 is 4.90 Å². The molecule has 0 saturated carbocycles. The molecular weight excluding hydrogens is 242 g/mol. The van der Waals surface area contributed by atoms with E-state index in [0.29, 0.717) is 6.04 Å². The number of anilines is 1. The lowest BCUT2D eigenvalue weighted by Gasteiger charge is -2.24. The molecule has 3 nitrogen and oxygen atoms in total. The van der Waals surface area contributed by atoms with Crippen molar-refractivity contribution in [1.82, 2.24) is 9.97 Å². The smallest absolute Gasteiger partial charge is 0.141 e. The van der Waals surface area contributed by atoms with E-state index in [-0.39, 0.29) is 0 Å². The fourth-order valence-corrected chi connectivity index (χ4v) is 3.62. The fourth-order valence-electron chi connectivity index (χ4n) is 2.69. The van der Waals surface area contributed by atoms with Gasteiger partial charge >= 0.3 is 0 Å². The SMILES string of the molecule is CCc1cc2c(N3CCC(C)C3C)ncnc2s1. The highest BCUT2D eigenvalue weighted by atomic mass is 32.1. The van der Waals surface area contributed by atoms with Gasteiger partial charge in [0.1, 0.15) is 17.0 Å². The van der Waals surface area contributed by atoms with Crippen LogP contribution in [0.1, 0.15) is 32.1 Å². The third-order valence-corrected chi connectivity index (χ3v) is 5.31. The topological polar surface area (TPSA) is 29.0 Å². The van der Waals surface area contributed by atoms with Crippen LogP contribution in [-0.4, -0.2) is 22.6 Å². The molecular formula is C14H19N3S. The summed E-state index contributed by atoms with van der Waals surface area (Å²) >= 11 is 1.79. The van der Waals surface area contributed by atoms with Crippen LogP contribution in [-0.2, 0) is 6.42 Å². The lowest BCUT2D eigenvalue weighted by molar-refractivity contribution is 0.545. The molecule has 0 aromatic carbocycles. The standard InChI is InChI=1S/C14H19N3S/c1-4-11-7-12-13(15-8-16-14(12)18-11)17-6-5-9(2)10(17)3/h7-10H,4-6H2,1-3H3. The van der Waals surface area contributed by atoms with Gasteiger partial charge in [0.15, 0.2) is 0 Å². The molecule has 1 aliphatic heterocycles. The summed E-state index contributed by atoms with van der Waals surface area (Å²) in [7, 11) is 0. The lowest BCUT2D eigenvalue weighted by atomic mass is 10.1. The van der Waals surface area contributed by atoms with Gasteiger partial charge in [0.05, 0.1) is 5.39 Å². The van der Waals surface area contributed by atoms with Gasteiger partial charge in [0.2, 0.25) is 0 Å². The fraction of sp³-hybridized carbons (Fsp3) is 0.571. The monoisotopic (exact) mass is 261 g/mol. The van der Waals surface area contributed by atoms with E-state index in [0.717, 1.165) is 29.5 Å². The molecule has 18 heavy (non-hydrogen) atoms. The Bertz CT molecular complexity index is 563. The quantitative estimate of drug-likeness (QED) is 0.828. The van der Waals surface area contributed by atoms with Crippen molar-refractivity contribution in [3.63, 3.8) is 0 Å². The van der Waals surface area contributed by atoms with E-state index in [1.54, 1.807) is 17.7 Å². The molecule has 3 rings (SSSR count). The second-order valence-electron chi connectivity index (χ2n) is 5.18. The van der Waals surface area contributed by atoms with E-state index >= 15 is 0 Å². The minimum Gasteiger partial charge on any atom is -0.353 e. The maximum atomic E-state index is 4.54. The molecule has 96 valence electrons. The van der Waals surface area contributed by atoms with Crippen molar-refractivity contribution in [3.8, 4) is 0 Å². The molecule has 0 N–H and O–H groups in total. The van der Waals surface area contributed by atoms with E-state index in [1.807, 2.05) is 0 Å². The predicted molar refractivity (Wildman–Crippen MR) is 77.4 cm³/mol. The van der Waals surface area contributed by atoms with Crippen LogP contribution in [0.3, 0.4) is 0 Å². The summed E-state index contributed by atoms with van der Waals surface area (Å²) in [5.41, 5.74) is 0. The summed E-state index contributed by atoms with van der Waals surface area (Å²) in [6, 6.07) is 2.85. The molecule has 2 aromatic rings. The Balaban J connectivity index is 2.08. The maximum absolute atomic E-state index is 4.54. The number of aromatic nitrogens is 2. The highest BCUT2D eigenvalue weighted by molar-refractivity contribution is 7.18. The van der Waals surface area contributed by atoms with Gasteiger partial charge in [-0.2, -0.15) is 0 Å². The van der Waals surface area contributed by atoms with E-state index in [9.17, 15) is 0 Å². The van der Waals surface area contributed by atoms with E-state index in [1.165, 1.54) is 16.7 Å². The number of hydrogen-bond donors (Lipinski definition) is 0. The molecule has 3 heterocycles. The first kappa shape index (κ1) is 11.9. The third-order valence-electron chi connectivity index (χ3n) is 4.12. The van der Waals surface area contributed by atoms with Crippen LogP contribution in [0.4, 0.5) is 5.82 Å². The van der Waals surface area contributed by atoms with Gasteiger partial charge in [-0.1, -0.05) is 13.8 Å². The number of nitrogens with zero attached hydrogens (tertiary/aromatic N) is 3. The summed E-state index contributed by atoms with van der Waals surface area (Å²) in [6.07, 6.45) is 4.05. The lowest BCUT2D eigenvalue weighted by Crippen LogP contribution is -2.29. The average molecular weight is 261 g/mol. The summed E-state index contributed by atoms with van der Waals surface area (Å²) < 4.78 is 0. The van der Waals surface area contributed by atoms with Crippen molar-refractivity contribution in [1.29, 1.82) is 0 Å². The molecule has 1 fully saturated rings. The molecule has 0 bridgehead atoms. The first-order valence-corrected chi connectivity index (χ1v) is 7.52. The highest BCUT2D eigenvalue weighted by Crippen LogP contribution is 2.35. The van der Waals surface area contributed by atoms with Gasteiger partial charge in [-0.3, -0.25) is 0 Å². The van der Waals surface area contributed by atoms with Gasteiger partial charge < -0.3 is 4.90 Å². The zero-order valence-electron chi connectivity index (χ0n) is 11.2. The molecule has 1 aliphatic rings. The number of rotatable bonds is 2. The Morgan fingerprint density at radius 3 is 2.89 bits per heavy atom. The van der Waals surface area contributed by atoms with Crippen LogP contribution in [0.2, 0.25) is 0 Å². The van der Waals surface area contributed by atoms with Crippen LogP contribution in [0.5, 0.6) is 0 Å². The number of fused-ring (bicyclic) bond motifs is 1.